The standard InChI is InChI=1S/C24H41N3/c1-20(2)11-14-26(15-12-21(3)4)16-13-22-19-27(18-17-25(5)6)24-10-8-7-9-23(22)24/h7-10,19-21H,11-18H2,1-6H3. The predicted molar refractivity (Wildman–Crippen MR) is 120 cm³/mol. The van der Waals surface area contributed by atoms with Gasteiger partial charge in [0.2, 0.25) is 0 Å². The molecule has 0 fully saturated rings. The van der Waals surface area contributed by atoms with Gasteiger partial charge in [0.1, 0.15) is 0 Å². The molecule has 0 unspecified atom stereocenters. The molecular formula is C24H41N3. The molecule has 0 aliphatic carbocycles. The van der Waals surface area contributed by atoms with Gasteiger partial charge in [-0.25, -0.2) is 0 Å². The Balaban J connectivity index is 2.08. The Hall–Kier alpha value is -1.32. The first-order valence-corrected chi connectivity index (χ1v) is 10.8. The minimum Gasteiger partial charge on any atom is -0.346 e. The molecule has 2 rings (SSSR count). The molecule has 0 radical (unpaired) electrons. The van der Waals surface area contributed by atoms with Gasteiger partial charge in [0, 0.05) is 36.7 Å². The fourth-order valence-corrected chi connectivity index (χ4v) is 3.51. The lowest BCUT2D eigenvalue weighted by Gasteiger charge is -2.24. The first-order valence-electron chi connectivity index (χ1n) is 10.8. The van der Waals surface area contributed by atoms with Gasteiger partial charge in [-0.2, -0.15) is 0 Å². The van der Waals surface area contributed by atoms with Crippen molar-refractivity contribution in [3.8, 4) is 0 Å². The lowest BCUT2D eigenvalue weighted by Crippen LogP contribution is -2.30. The van der Waals surface area contributed by atoms with Crippen molar-refractivity contribution in [1.29, 1.82) is 0 Å². The molecule has 1 heterocycles. The maximum absolute atomic E-state index is 2.69. The van der Waals surface area contributed by atoms with E-state index < -0.39 is 0 Å². The summed E-state index contributed by atoms with van der Waals surface area (Å²) in [5.41, 5.74) is 2.88. The average molecular weight is 372 g/mol. The molecule has 0 atom stereocenters. The van der Waals surface area contributed by atoms with Crippen LogP contribution < -0.4 is 0 Å². The molecule has 0 amide bonds. The maximum atomic E-state index is 2.69. The highest BCUT2D eigenvalue weighted by Crippen LogP contribution is 2.22. The summed E-state index contributed by atoms with van der Waals surface area (Å²) in [4.78, 5) is 4.94. The summed E-state index contributed by atoms with van der Waals surface area (Å²) in [6.45, 7) is 15.1. The van der Waals surface area contributed by atoms with Gasteiger partial charge in [-0.05, 0) is 69.9 Å². The number of hydrogen-bond donors (Lipinski definition) is 0. The summed E-state index contributed by atoms with van der Waals surface area (Å²) in [6.07, 6.45) is 6.13. The van der Waals surface area contributed by atoms with Crippen LogP contribution in [0.25, 0.3) is 10.9 Å². The van der Waals surface area contributed by atoms with Crippen molar-refractivity contribution in [2.24, 2.45) is 11.8 Å². The van der Waals surface area contributed by atoms with Crippen LogP contribution in [0.1, 0.15) is 46.1 Å². The van der Waals surface area contributed by atoms with E-state index in [1.165, 1.54) is 48.9 Å². The monoisotopic (exact) mass is 371 g/mol. The molecule has 0 aliphatic rings. The Morgan fingerprint density at radius 2 is 1.48 bits per heavy atom. The molecular weight excluding hydrogens is 330 g/mol. The van der Waals surface area contributed by atoms with E-state index in [1.807, 2.05) is 0 Å². The topological polar surface area (TPSA) is 11.4 Å². The maximum Gasteiger partial charge on any atom is 0.0483 e. The van der Waals surface area contributed by atoms with E-state index in [4.69, 9.17) is 0 Å². The summed E-state index contributed by atoms with van der Waals surface area (Å²) in [5.74, 6) is 1.55. The quantitative estimate of drug-likeness (QED) is 0.512. The molecule has 0 bridgehead atoms. The number of rotatable bonds is 12. The number of para-hydroxylation sites is 1. The predicted octanol–water partition coefficient (Wildman–Crippen LogP) is 5.14. The molecule has 0 N–H and O–H groups in total. The molecule has 0 saturated carbocycles. The minimum atomic E-state index is 0.777. The van der Waals surface area contributed by atoms with Crippen molar-refractivity contribution < 1.29 is 0 Å². The summed E-state index contributed by atoms with van der Waals surface area (Å²) < 4.78 is 2.44. The fourth-order valence-electron chi connectivity index (χ4n) is 3.51. The van der Waals surface area contributed by atoms with Gasteiger partial charge in [-0.3, -0.25) is 0 Å². The van der Waals surface area contributed by atoms with Crippen LogP contribution in [0.3, 0.4) is 0 Å². The van der Waals surface area contributed by atoms with Gasteiger partial charge in [-0.15, -0.1) is 0 Å². The molecule has 27 heavy (non-hydrogen) atoms. The van der Waals surface area contributed by atoms with Crippen LogP contribution in [0.5, 0.6) is 0 Å². The van der Waals surface area contributed by atoms with Crippen molar-refractivity contribution in [2.75, 3.05) is 40.3 Å². The number of benzene rings is 1. The minimum absolute atomic E-state index is 0.777. The van der Waals surface area contributed by atoms with Crippen molar-refractivity contribution in [2.45, 2.75) is 53.5 Å². The number of nitrogens with zero attached hydrogens (tertiary/aromatic N) is 3. The first kappa shape index (κ1) is 22.0. The molecule has 3 nitrogen and oxygen atoms in total. The second-order valence-corrected chi connectivity index (χ2v) is 9.12. The van der Waals surface area contributed by atoms with Gasteiger partial charge in [0.15, 0.2) is 0 Å². The van der Waals surface area contributed by atoms with E-state index in [0.29, 0.717) is 0 Å². The van der Waals surface area contributed by atoms with Gasteiger partial charge in [0.05, 0.1) is 0 Å². The van der Waals surface area contributed by atoms with Crippen molar-refractivity contribution in [1.82, 2.24) is 14.4 Å². The van der Waals surface area contributed by atoms with Crippen LogP contribution in [0.2, 0.25) is 0 Å². The van der Waals surface area contributed by atoms with Crippen LogP contribution in [-0.4, -0.2) is 54.6 Å². The molecule has 152 valence electrons. The average Bonchev–Trinajstić information content (AvgIpc) is 2.97. The third kappa shape index (κ3) is 7.31. The smallest absolute Gasteiger partial charge is 0.0483 e. The molecule has 2 aromatic rings. The first-order chi connectivity index (χ1) is 12.9. The largest absolute Gasteiger partial charge is 0.346 e. The zero-order valence-corrected chi connectivity index (χ0v) is 18.5. The number of fused-ring (bicyclic) bond motifs is 1. The molecule has 3 heteroatoms. The molecule has 0 aliphatic heterocycles. The second-order valence-electron chi connectivity index (χ2n) is 9.12. The number of aromatic nitrogens is 1. The van der Waals surface area contributed by atoms with Crippen LogP contribution >= 0.6 is 0 Å². The van der Waals surface area contributed by atoms with Crippen LogP contribution in [0.15, 0.2) is 30.5 Å². The SMILES string of the molecule is CC(C)CCN(CCc1cn(CCN(C)C)c2ccccc12)CCC(C)C. The highest BCUT2D eigenvalue weighted by atomic mass is 15.1. The Morgan fingerprint density at radius 1 is 0.852 bits per heavy atom. The lowest BCUT2D eigenvalue weighted by molar-refractivity contribution is 0.246. The summed E-state index contributed by atoms with van der Waals surface area (Å²) in [5, 5.41) is 1.43. The normalized spacial score (nSPS) is 12.4. The second kappa shape index (κ2) is 10.9. The van der Waals surface area contributed by atoms with E-state index in [-0.39, 0.29) is 0 Å². The third-order valence-corrected chi connectivity index (χ3v) is 5.40. The van der Waals surface area contributed by atoms with Crippen molar-refractivity contribution >= 4 is 10.9 Å². The van der Waals surface area contributed by atoms with E-state index in [1.54, 1.807) is 0 Å². The molecule has 1 aromatic heterocycles. The zero-order chi connectivity index (χ0) is 19.8. The van der Waals surface area contributed by atoms with Gasteiger partial charge >= 0.3 is 0 Å². The van der Waals surface area contributed by atoms with Gasteiger partial charge in [-0.1, -0.05) is 45.9 Å². The van der Waals surface area contributed by atoms with E-state index in [9.17, 15) is 0 Å². The Kier molecular flexibility index (Phi) is 8.85. The Morgan fingerprint density at radius 3 is 2.07 bits per heavy atom. The van der Waals surface area contributed by atoms with Crippen LogP contribution in [-0.2, 0) is 13.0 Å². The molecule has 0 spiro atoms. The van der Waals surface area contributed by atoms with Gasteiger partial charge in [0.25, 0.3) is 0 Å². The van der Waals surface area contributed by atoms with E-state index in [2.05, 4.69) is 86.6 Å². The van der Waals surface area contributed by atoms with Gasteiger partial charge < -0.3 is 14.4 Å². The van der Waals surface area contributed by atoms with Crippen LogP contribution in [0.4, 0.5) is 0 Å². The summed E-state index contributed by atoms with van der Waals surface area (Å²) in [6, 6.07) is 8.90. The lowest BCUT2D eigenvalue weighted by atomic mass is 10.1. The van der Waals surface area contributed by atoms with Crippen molar-refractivity contribution in [3.05, 3.63) is 36.0 Å². The third-order valence-electron chi connectivity index (χ3n) is 5.40. The zero-order valence-electron chi connectivity index (χ0n) is 18.5. The van der Waals surface area contributed by atoms with E-state index >= 15 is 0 Å². The fraction of sp³-hybridized carbons (Fsp3) is 0.667. The number of hydrogen-bond acceptors (Lipinski definition) is 2. The molecule has 0 saturated heterocycles. The highest BCUT2D eigenvalue weighted by molar-refractivity contribution is 5.84. The Bertz CT molecular complexity index is 657. The summed E-state index contributed by atoms with van der Waals surface area (Å²) >= 11 is 0. The summed E-state index contributed by atoms with van der Waals surface area (Å²) in [7, 11) is 4.29. The van der Waals surface area contributed by atoms with Crippen molar-refractivity contribution in [3.63, 3.8) is 0 Å². The van der Waals surface area contributed by atoms with Crippen LogP contribution in [0, 0.1) is 11.8 Å². The number of likely N-dealkylation sites (N-methyl/N-ethyl adjacent to an activating group) is 1. The molecule has 1 aromatic carbocycles. The van der Waals surface area contributed by atoms with E-state index in [0.717, 1.165) is 31.3 Å². The highest BCUT2D eigenvalue weighted by Gasteiger charge is 2.12. The Labute approximate surface area is 167 Å².